The monoisotopic (exact) mass is 240 g/mol. The molecular formula is C13H14ClFO. The third-order valence-electron chi connectivity index (χ3n) is 3.38. The smallest absolute Gasteiger partial charge is 0.141 e. The lowest BCUT2D eigenvalue weighted by Gasteiger charge is -2.25. The van der Waals surface area contributed by atoms with Gasteiger partial charge in [0.05, 0.1) is 5.02 Å². The van der Waals surface area contributed by atoms with Crippen molar-refractivity contribution in [3.63, 3.8) is 0 Å². The third-order valence-corrected chi connectivity index (χ3v) is 3.67. The average Bonchev–Trinajstić information content (AvgIpc) is 2.33. The van der Waals surface area contributed by atoms with Crippen LogP contribution < -0.4 is 0 Å². The average molecular weight is 241 g/mol. The fraction of sp³-hybridized carbons (Fsp3) is 0.462. The molecule has 0 radical (unpaired) electrons. The van der Waals surface area contributed by atoms with Gasteiger partial charge in [-0.25, -0.2) is 4.39 Å². The first-order valence-electron chi connectivity index (χ1n) is 5.61. The van der Waals surface area contributed by atoms with E-state index < -0.39 is 0 Å². The maximum Gasteiger partial charge on any atom is 0.141 e. The largest absolute Gasteiger partial charge is 0.303 e. The molecular weight excluding hydrogens is 227 g/mol. The second kappa shape index (κ2) is 4.96. The van der Waals surface area contributed by atoms with Crippen LogP contribution in [0.2, 0.25) is 5.02 Å². The van der Waals surface area contributed by atoms with Gasteiger partial charge in [0.1, 0.15) is 12.1 Å². The first-order chi connectivity index (χ1) is 7.70. The molecule has 1 aromatic rings. The van der Waals surface area contributed by atoms with Crippen molar-refractivity contribution in [2.45, 2.75) is 31.6 Å². The molecule has 0 spiro atoms. The van der Waals surface area contributed by atoms with Crippen LogP contribution in [-0.2, 0) is 4.79 Å². The SMILES string of the molecule is O=CC1CCC(c2ccc(F)c(Cl)c2)CC1. The van der Waals surface area contributed by atoms with Crippen LogP contribution in [0.25, 0.3) is 0 Å². The zero-order chi connectivity index (χ0) is 11.5. The van der Waals surface area contributed by atoms with Crippen LogP contribution in [0.3, 0.4) is 0 Å². The summed E-state index contributed by atoms with van der Waals surface area (Å²) in [5, 5.41) is 0.190. The lowest BCUT2D eigenvalue weighted by atomic mass is 9.79. The van der Waals surface area contributed by atoms with Crippen LogP contribution in [0.1, 0.15) is 37.2 Å². The van der Waals surface area contributed by atoms with E-state index in [1.54, 1.807) is 12.1 Å². The predicted molar refractivity (Wildman–Crippen MR) is 62.2 cm³/mol. The van der Waals surface area contributed by atoms with Gasteiger partial charge in [-0.2, -0.15) is 0 Å². The molecule has 1 fully saturated rings. The number of carbonyl (C=O) groups excluding carboxylic acids is 1. The minimum Gasteiger partial charge on any atom is -0.303 e. The molecule has 1 aliphatic carbocycles. The summed E-state index contributed by atoms with van der Waals surface area (Å²) in [5.74, 6) is 0.272. The van der Waals surface area contributed by atoms with Gasteiger partial charge in [-0.05, 0) is 49.3 Å². The first-order valence-corrected chi connectivity index (χ1v) is 5.98. The van der Waals surface area contributed by atoms with E-state index in [9.17, 15) is 9.18 Å². The number of rotatable bonds is 2. The highest BCUT2D eigenvalue weighted by atomic mass is 35.5. The normalized spacial score (nSPS) is 25.4. The van der Waals surface area contributed by atoms with E-state index in [0.717, 1.165) is 37.5 Å². The Morgan fingerprint density at radius 2 is 1.94 bits per heavy atom. The molecule has 0 aromatic heterocycles. The van der Waals surface area contributed by atoms with Gasteiger partial charge < -0.3 is 4.79 Å². The molecule has 1 aromatic carbocycles. The van der Waals surface area contributed by atoms with Crippen LogP contribution in [0.5, 0.6) is 0 Å². The van der Waals surface area contributed by atoms with E-state index in [2.05, 4.69) is 0 Å². The van der Waals surface area contributed by atoms with Crippen molar-refractivity contribution >= 4 is 17.9 Å². The Morgan fingerprint density at radius 3 is 2.50 bits per heavy atom. The number of hydrogen-bond donors (Lipinski definition) is 0. The topological polar surface area (TPSA) is 17.1 Å². The third kappa shape index (κ3) is 2.43. The molecule has 1 aliphatic rings. The van der Waals surface area contributed by atoms with Crippen LogP contribution in [0, 0.1) is 11.7 Å². The molecule has 0 amide bonds. The molecule has 86 valence electrons. The van der Waals surface area contributed by atoms with Crippen molar-refractivity contribution in [2.24, 2.45) is 5.92 Å². The molecule has 0 heterocycles. The molecule has 3 heteroatoms. The van der Waals surface area contributed by atoms with E-state index >= 15 is 0 Å². The first kappa shape index (κ1) is 11.6. The van der Waals surface area contributed by atoms with Crippen molar-refractivity contribution in [1.82, 2.24) is 0 Å². The van der Waals surface area contributed by atoms with E-state index in [1.807, 2.05) is 0 Å². The van der Waals surface area contributed by atoms with Crippen LogP contribution >= 0.6 is 11.6 Å². The second-order valence-corrected chi connectivity index (χ2v) is 4.83. The minimum atomic E-state index is -0.369. The molecule has 0 unspecified atom stereocenters. The van der Waals surface area contributed by atoms with Crippen molar-refractivity contribution in [1.29, 1.82) is 0 Å². The van der Waals surface area contributed by atoms with Crippen LogP contribution in [0.4, 0.5) is 4.39 Å². The molecule has 2 rings (SSSR count). The van der Waals surface area contributed by atoms with E-state index in [4.69, 9.17) is 11.6 Å². The summed E-state index contributed by atoms with van der Waals surface area (Å²) in [5.41, 5.74) is 1.09. The number of aldehydes is 1. The standard InChI is InChI=1S/C13H14ClFO/c14-12-7-11(5-6-13(12)15)10-3-1-9(8-16)2-4-10/h5-10H,1-4H2. The quantitative estimate of drug-likeness (QED) is 0.716. The Morgan fingerprint density at radius 1 is 1.25 bits per heavy atom. The highest BCUT2D eigenvalue weighted by molar-refractivity contribution is 6.30. The Labute approximate surface area is 99.6 Å². The van der Waals surface area contributed by atoms with E-state index in [1.165, 1.54) is 6.07 Å². The Kier molecular flexibility index (Phi) is 3.59. The van der Waals surface area contributed by atoms with Crippen LogP contribution in [0.15, 0.2) is 18.2 Å². The summed E-state index contributed by atoms with van der Waals surface area (Å²) >= 11 is 5.76. The molecule has 0 atom stereocenters. The van der Waals surface area contributed by atoms with Crippen molar-refractivity contribution in [3.8, 4) is 0 Å². The Bertz CT molecular complexity index is 384. The van der Waals surface area contributed by atoms with Crippen molar-refractivity contribution in [3.05, 3.63) is 34.6 Å². The summed E-state index contributed by atoms with van der Waals surface area (Å²) < 4.78 is 13.0. The second-order valence-electron chi connectivity index (χ2n) is 4.42. The summed E-state index contributed by atoms with van der Waals surface area (Å²) in [6.45, 7) is 0. The summed E-state index contributed by atoms with van der Waals surface area (Å²) in [6, 6.07) is 4.93. The fourth-order valence-corrected chi connectivity index (χ4v) is 2.54. The van der Waals surface area contributed by atoms with Crippen LogP contribution in [-0.4, -0.2) is 6.29 Å². The number of benzene rings is 1. The zero-order valence-corrected chi connectivity index (χ0v) is 9.71. The predicted octanol–water partition coefficient (Wildman–Crippen LogP) is 3.95. The van der Waals surface area contributed by atoms with E-state index in [-0.39, 0.29) is 16.8 Å². The molecule has 0 saturated heterocycles. The Balaban J connectivity index is 2.08. The highest BCUT2D eigenvalue weighted by Gasteiger charge is 2.22. The molecule has 1 saturated carbocycles. The van der Waals surface area contributed by atoms with Gasteiger partial charge in [-0.1, -0.05) is 17.7 Å². The van der Waals surface area contributed by atoms with Gasteiger partial charge in [0.15, 0.2) is 0 Å². The van der Waals surface area contributed by atoms with E-state index in [0.29, 0.717) is 5.92 Å². The maximum absolute atomic E-state index is 13.0. The number of halogens is 2. The number of hydrogen-bond acceptors (Lipinski definition) is 1. The molecule has 0 N–H and O–H groups in total. The Hall–Kier alpha value is -0.890. The van der Waals surface area contributed by atoms with Gasteiger partial charge >= 0.3 is 0 Å². The lowest BCUT2D eigenvalue weighted by Crippen LogP contribution is -2.14. The van der Waals surface area contributed by atoms with Gasteiger partial charge in [-0.15, -0.1) is 0 Å². The molecule has 1 nitrogen and oxygen atoms in total. The zero-order valence-electron chi connectivity index (χ0n) is 8.96. The summed E-state index contributed by atoms with van der Waals surface area (Å²) in [6.07, 6.45) is 4.90. The van der Waals surface area contributed by atoms with Gasteiger partial charge in [0.25, 0.3) is 0 Å². The molecule has 0 bridgehead atoms. The van der Waals surface area contributed by atoms with Crippen molar-refractivity contribution < 1.29 is 9.18 Å². The minimum absolute atomic E-state index is 0.190. The highest BCUT2D eigenvalue weighted by Crippen LogP contribution is 2.36. The summed E-state index contributed by atoms with van der Waals surface area (Å²) in [4.78, 5) is 10.6. The van der Waals surface area contributed by atoms with Gasteiger partial charge in [-0.3, -0.25) is 0 Å². The number of carbonyl (C=O) groups is 1. The summed E-state index contributed by atoms with van der Waals surface area (Å²) in [7, 11) is 0. The van der Waals surface area contributed by atoms with Gasteiger partial charge in [0.2, 0.25) is 0 Å². The van der Waals surface area contributed by atoms with Gasteiger partial charge in [0, 0.05) is 5.92 Å². The van der Waals surface area contributed by atoms with Crippen molar-refractivity contribution in [2.75, 3.05) is 0 Å². The molecule has 0 aliphatic heterocycles. The maximum atomic E-state index is 13.0. The lowest BCUT2D eigenvalue weighted by molar-refractivity contribution is -0.111. The molecule has 16 heavy (non-hydrogen) atoms. The fourth-order valence-electron chi connectivity index (χ4n) is 2.35.